The van der Waals surface area contributed by atoms with Crippen LogP contribution in [0.1, 0.15) is 0 Å². The number of carbonyl (C=O) groups is 1. The van der Waals surface area contributed by atoms with E-state index < -0.39 is 21.8 Å². The third-order valence-electron chi connectivity index (χ3n) is 0.567. The van der Waals surface area contributed by atoms with Gasteiger partial charge in [0.15, 0.2) is 0 Å². The topological polar surface area (TPSA) is 91.7 Å². The zero-order valence-electron chi connectivity index (χ0n) is 4.89. The summed E-state index contributed by atoms with van der Waals surface area (Å²) in [7, 11) is -4.07. The number of carboxylic acids is 1. The number of rotatable bonds is 3. The summed E-state index contributed by atoms with van der Waals surface area (Å²) in [6, 6.07) is 0. The fourth-order valence-corrected chi connectivity index (χ4v) is 0.610. The zero-order valence-corrected chi connectivity index (χ0v) is 5.71. The molecule has 0 radical (unpaired) electrons. The summed E-state index contributed by atoms with van der Waals surface area (Å²) in [4.78, 5) is 9.72. The summed E-state index contributed by atoms with van der Waals surface area (Å²) in [5, 5.41) is 7.95. The molecule has 0 saturated carbocycles. The molecule has 2 N–H and O–H groups in total. The molecule has 5 nitrogen and oxygen atoms in total. The quantitative estimate of drug-likeness (QED) is 0.436. The van der Waals surface area contributed by atoms with Crippen LogP contribution in [0.5, 0.6) is 0 Å². The molecule has 0 aromatic rings. The van der Waals surface area contributed by atoms with E-state index in [0.717, 1.165) is 6.08 Å². The van der Waals surface area contributed by atoms with Crippen LogP contribution in [0.25, 0.3) is 0 Å². The van der Waals surface area contributed by atoms with Crippen molar-refractivity contribution in [1.29, 1.82) is 0 Å². The van der Waals surface area contributed by atoms with Gasteiger partial charge in [0.2, 0.25) is 0 Å². The lowest BCUT2D eigenvalue weighted by molar-refractivity contribution is -0.131. The van der Waals surface area contributed by atoms with Gasteiger partial charge in [-0.05, 0) is 0 Å². The van der Waals surface area contributed by atoms with Gasteiger partial charge in [0.05, 0.1) is 5.75 Å². The van der Waals surface area contributed by atoms with E-state index in [1.54, 1.807) is 0 Å². The van der Waals surface area contributed by atoms with Gasteiger partial charge >= 0.3 is 5.97 Å². The van der Waals surface area contributed by atoms with Crippen LogP contribution in [-0.2, 0) is 14.9 Å². The van der Waals surface area contributed by atoms with Gasteiger partial charge in [0.1, 0.15) is 0 Å². The van der Waals surface area contributed by atoms with Crippen molar-refractivity contribution in [3.63, 3.8) is 0 Å². The molecule has 58 valence electrons. The van der Waals surface area contributed by atoms with E-state index in [9.17, 15) is 13.2 Å². The number of hydrogen-bond donors (Lipinski definition) is 2. The molecule has 0 aromatic heterocycles. The van der Waals surface area contributed by atoms with Crippen molar-refractivity contribution in [2.45, 2.75) is 0 Å². The molecule has 0 heterocycles. The summed E-state index contributed by atoms with van der Waals surface area (Å²) in [6.45, 7) is 0. The second-order valence-corrected chi connectivity index (χ2v) is 2.99. The van der Waals surface area contributed by atoms with Gasteiger partial charge in [-0.1, -0.05) is 6.08 Å². The van der Waals surface area contributed by atoms with Crippen LogP contribution in [0.2, 0.25) is 0 Å². The summed E-state index contributed by atoms with van der Waals surface area (Å²) < 4.78 is 27.9. The molecule has 0 atom stereocenters. The van der Waals surface area contributed by atoms with Gasteiger partial charge in [-0.25, -0.2) is 4.79 Å². The highest BCUT2D eigenvalue weighted by atomic mass is 32.2. The van der Waals surface area contributed by atoms with Crippen LogP contribution in [0, 0.1) is 0 Å². The molecule has 10 heavy (non-hydrogen) atoms. The van der Waals surface area contributed by atoms with Gasteiger partial charge in [0, 0.05) is 6.08 Å². The maximum atomic E-state index is 9.92. The third-order valence-corrected chi connectivity index (χ3v) is 1.18. The number of carboxylic acid groups (broad SMARTS) is 1. The zero-order chi connectivity index (χ0) is 8.20. The van der Waals surface area contributed by atoms with Crippen molar-refractivity contribution in [3.8, 4) is 0 Å². The Morgan fingerprint density at radius 3 is 2.30 bits per heavy atom. The molecular formula is C4H6O5S. The highest BCUT2D eigenvalue weighted by Crippen LogP contribution is 1.82. The maximum absolute atomic E-state index is 9.92. The van der Waals surface area contributed by atoms with Crippen molar-refractivity contribution in [2.75, 3.05) is 5.75 Å². The van der Waals surface area contributed by atoms with Crippen LogP contribution in [0.4, 0.5) is 0 Å². The lowest BCUT2D eigenvalue weighted by atomic mass is 10.5. The van der Waals surface area contributed by atoms with Crippen LogP contribution >= 0.6 is 0 Å². The Labute approximate surface area is 57.7 Å². The first-order valence-corrected chi connectivity index (χ1v) is 3.87. The van der Waals surface area contributed by atoms with Gasteiger partial charge in [-0.3, -0.25) is 4.55 Å². The Balaban J connectivity index is 3.88. The average molecular weight is 166 g/mol. The molecule has 0 spiro atoms. The smallest absolute Gasteiger partial charge is 0.328 e. The fraction of sp³-hybridized carbons (Fsp3) is 0.250. The lowest BCUT2D eigenvalue weighted by Gasteiger charge is -1.84. The highest BCUT2D eigenvalue weighted by molar-refractivity contribution is 7.85. The summed E-state index contributed by atoms with van der Waals surface area (Å²) in [6.07, 6.45) is 1.49. The van der Waals surface area contributed by atoms with Crippen molar-refractivity contribution < 1.29 is 22.9 Å². The largest absolute Gasteiger partial charge is 0.478 e. The molecule has 6 heteroatoms. The Bertz CT molecular complexity index is 236. The first kappa shape index (κ1) is 9.12. The lowest BCUT2D eigenvalue weighted by Crippen LogP contribution is -2.01. The van der Waals surface area contributed by atoms with Crippen molar-refractivity contribution in [3.05, 3.63) is 12.2 Å². The molecular weight excluding hydrogens is 160 g/mol. The summed E-state index contributed by atoms with van der Waals surface area (Å²) in [5.74, 6) is -1.91. The molecule has 0 saturated heterocycles. The first-order valence-electron chi connectivity index (χ1n) is 2.26. The van der Waals surface area contributed by atoms with E-state index in [4.69, 9.17) is 9.66 Å². The van der Waals surface area contributed by atoms with Gasteiger partial charge in [0.25, 0.3) is 10.1 Å². The predicted octanol–water partition coefficient (Wildman–Crippen LogP) is -0.485. The monoisotopic (exact) mass is 166 g/mol. The predicted molar refractivity (Wildman–Crippen MR) is 33.2 cm³/mol. The summed E-state index contributed by atoms with van der Waals surface area (Å²) >= 11 is 0. The van der Waals surface area contributed by atoms with E-state index in [-0.39, 0.29) is 0 Å². The maximum Gasteiger partial charge on any atom is 0.328 e. The fourth-order valence-electron chi connectivity index (χ4n) is 0.271. The molecule has 0 bridgehead atoms. The van der Waals surface area contributed by atoms with Crippen LogP contribution < -0.4 is 0 Å². The van der Waals surface area contributed by atoms with E-state index >= 15 is 0 Å². The molecule has 0 aliphatic rings. The van der Waals surface area contributed by atoms with E-state index in [1.165, 1.54) is 0 Å². The van der Waals surface area contributed by atoms with Crippen LogP contribution in [0.3, 0.4) is 0 Å². The minimum Gasteiger partial charge on any atom is -0.478 e. The number of aliphatic carboxylic acids is 1. The van der Waals surface area contributed by atoms with Gasteiger partial charge in [-0.15, -0.1) is 0 Å². The highest BCUT2D eigenvalue weighted by Gasteiger charge is 1.98. The van der Waals surface area contributed by atoms with Crippen LogP contribution in [-0.4, -0.2) is 29.8 Å². The Morgan fingerprint density at radius 2 is 2.00 bits per heavy atom. The van der Waals surface area contributed by atoms with E-state index in [0.29, 0.717) is 6.08 Å². The molecule has 0 rings (SSSR count). The molecule has 0 unspecified atom stereocenters. The molecule has 0 aliphatic carbocycles. The van der Waals surface area contributed by atoms with Crippen molar-refractivity contribution >= 4 is 16.1 Å². The third kappa shape index (κ3) is 7.12. The Morgan fingerprint density at radius 1 is 1.50 bits per heavy atom. The van der Waals surface area contributed by atoms with E-state index in [2.05, 4.69) is 0 Å². The standard InChI is InChI=1S/C4H6O5S/c5-4(6)2-1-3-10(7,8)9/h1-2H,3H2,(H,5,6)(H,7,8,9). The second-order valence-electron chi connectivity index (χ2n) is 1.49. The SMILES string of the molecule is O=C(O)C=CCS(=O)(=O)O. The summed E-state index contributed by atoms with van der Waals surface area (Å²) in [5.41, 5.74) is 0. The second kappa shape index (κ2) is 3.33. The van der Waals surface area contributed by atoms with Crippen LogP contribution in [0.15, 0.2) is 12.2 Å². The van der Waals surface area contributed by atoms with E-state index in [1.807, 2.05) is 0 Å². The molecule has 0 fully saturated rings. The number of hydrogen-bond acceptors (Lipinski definition) is 3. The minimum absolute atomic E-state index is 0.647. The molecule has 0 aliphatic heterocycles. The molecule has 0 aromatic carbocycles. The van der Waals surface area contributed by atoms with Gasteiger partial charge < -0.3 is 5.11 Å². The Hall–Kier alpha value is -0.880. The first-order chi connectivity index (χ1) is 4.42. The van der Waals surface area contributed by atoms with Crippen molar-refractivity contribution in [1.82, 2.24) is 0 Å². The molecule has 0 amide bonds. The van der Waals surface area contributed by atoms with Gasteiger partial charge in [-0.2, -0.15) is 8.42 Å². The normalized spacial score (nSPS) is 12.1. The Kier molecular flexibility index (Phi) is 3.04. The average Bonchev–Trinajstić information content (AvgIpc) is 1.59. The van der Waals surface area contributed by atoms with Crippen molar-refractivity contribution in [2.24, 2.45) is 0 Å². The minimum atomic E-state index is -4.07.